The first-order valence-corrected chi connectivity index (χ1v) is 9.56. The third-order valence-electron chi connectivity index (χ3n) is 3.83. The van der Waals surface area contributed by atoms with Gasteiger partial charge in [0, 0.05) is 11.4 Å². The number of carbonyl (C=O) groups is 2. The highest BCUT2D eigenvalue weighted by molar-refractivity contribution is 7.98. The van der Waals surface area contributed by atoms with Gasteiger partial charge in [0.05, 0.1) is 6.20 Å². The van der Waals surface area contributed by atoms with Crippen LogP contribution in [0.2, 0.25) is 0 Å². The Labute approximate surface area is 161 Å². The van der Waals surface area contributed by atoms with E-state index >= 15 is 0 Å². The molecule has 1 heterocycles. The van der Waals surface area contributed by atoms with Gasteiger partial charge in [-0.15, -0.1) is 0 Å². The average Bonchev–Trinajstić information content (AvgIpc) is 3.13. The summed E-state index contributed by atoms with van der Waals surface area (Å²) in [7, 11) is 0. The maximum Gasteiger partial charge on any atom is 0.357 e. The molecule has 0 aliphatic rings. The number of para-hydroxylation sites is 2. The topological polar surface area (TPSA) is 73.2 Å². The molecule has 0 spiro atoms. The van der Waals surface area contributed by atoms with Crippen LogP contribution in [0, 0.1) is 0 Å². The molecule has 0 saturated heterocycles. The zero-order chi connectivity index (χ0) is 19.2. The van der Waals surface area contributed by atoms with Crippen LogP contribution in [-0.2, 0) is 9.53 Å². The van der Waals surface area contributed by atoms with Crippen molar-refractivity contribution in [3.05, 3.63) is 72.6 Å². The minimum Gasteiger partial charge on any atom is -0.448 e. The molecule has 0 fully saturated rings. The fourth-order valence-electron chi connectivity index (χ4n) is 2.49. The van der Waals surface area contributed by atoms with Crippen molar-refractivity contribution < 1.29 is 14.3 Å². The van der Waals surface area contributed by atoms with Crippen LogP contribution in [0.15, 0.2) is 72.0 Å². The van der Waals surface area contributed by atoms with E-state index in [1.165, 1.54) is 24.9 Å². The lowest BCUT2D eigenvalue weighted by molar-refractivity contribution is -0.123. The summed E-state index contributed by atoms with van der Waals surface area (Å²) in [5, 5.41) is 3.38. The number of thioether (sulfide) groups is 1. The molecule has 3 aromatic rings. The SMILES string of the molecule is CSc1ncc(C(=O)OC(C)C(=O)Nc2ccccc2)n1-c1ccccc1. The van der Waals surface area contributed by atoms with Gasteiger partial charge in [0.1, 0.15) is 0 Å². The van der Waals surface area contributed by atoms with Crippen LogP contribution < -0.4 is 5.32 Å². The molecule has 7 heteroatoms. The number of ether oxygens (including phenoxy) is 1. The second-order valence-corrected chi connectivity index (χ2v) is 6.48. The predicted molar refractivity (Wildman–Crippen MR) is 105 cm³/mol. The Morgan fingerprint density at radius 2 is 1.70 bits per heavy atom. The maximum atomic E-state index is 12.7. The molecule has 6 nitrogen and oxygen atoms in total. The summed E-state index contributed by atoms with van der Waals surface area (Å²) in [4.78, 5) is 29.2. The van der Waals surface area contributed by atoms with Crippen molar-refractivity contribution in [2.24, 2.45) is 0 Å². The summed E-state index contributed by atoms with van der Waals surface area (Å²) in [6, 6.07) is 18.4. The minimum atomic E-state index is -0.949. The van der Waals surface area contributed by atoms with E-state index < -0.39 is 18.0 Å². The summed E-state index contributed by atoms with van der Waals surface area (Å²) < 4.78 is 7.09. The molecule has 1 atom stereocenters. The van der Waals surface area contributed by atoms with Gasteiger partial charge >= 0.3 is 5.97 Å². The van der Waals surface area contributed by atoms with E-state index in [2.05, 4.69) is 10.3 Å². The molecule has 27 heavy (non-hydrogen) atoms. The second-order valence-electron chi connectivity index (χ2n) is 5.70. The first-order chi connectivity index (χ1) is 13.1. The number of carbonyl (C=O) groups excluding carboxylic acids is 2. The normalized spacial score (nSPS) is 11.6. The monoisotopic (exact) mass is 381 g/mol. The van der Waals surface area contributed by atoms with Gasteiger partial charge in [0.25, 0.3) is 5.91 Å². The lowest BCUT2D eigenvalue weighted by Gasteiger charge is -2.15. The van der Waals surface area contributed by atoms with E-state index in [0.29, 0.717) is 10.8 Å². The van der Waals surface area contributed by atoms with Crippen molar-refractivity contribution in [3.8, 4) is 5.69 Å². The van der Waals surface area contributed by atoms with Gasteiger partial charge in [-0.1, -0.05) is 48.2 Å². The standard InChI is InChI=1S/C20H19N3O3S/c1-14(18(24)22-15-9-5-3-6-10-15)26-19(25)17-13-21-20(27-2)23(17)16-11-7-4-8-12-16/h3-14H,1-2H3,(H,22,24). The van der Waals surface area contributed by atoms with Crippen molar-refractivity contribution >= 4 is 29.3 Å². The highest BCUT2D eigenvalue weighted by atomic mass is 32.2. The fourth-order valence-corrected chi connectivity index (χ4v) is 3.03. The average molecular weight is 381 g/mol. The first kappa shape index (κ1) is 18.7. The number of benzene rings is 2. The second kappa shape index (κ2) is 8.55. The summed E-state index contributed by atoms with van der Waals surface area (Å²) in [6.45, 7) is 1.54. The predicted octanol–water partition coefficient (Wildman–Crippen LogP) is 3.78. The van der Waals surface area contributed by atoms with Crippen LogP contribution in [0.3, 0.4) is 0 Å². The lowest BCUT2D eigenvalue weighted by atomic mass is 10.3. The Bertz CT molecular complexity index is 926. The van der Waals surface area contributed by atoms with Crippen LogP contribution in [0.4, 0.5) is 5.69 Å². The van der Waals surface area contributed by atoms with Crippen LogP contribution in [0.5, 0.6) is 0 Å². The summed E-state index contributed by atoms with van der Waals surface area (Å²) in [5.74, 6) is -1.01. The molecule has 0 aliphatic carbocycles. The highest BCUT2D eigenvalue weighted by Crippen LogP contribution is 2.22. The first-order valence-electron chi connectivity index (χ1n) is 8.34. The van der Waals surface area contributed by atoms with Crippen LogP contribution in [0.25, 0.3) is 5.69 Å². The summed E-state index contributed by atoms with van der Waals surface area (Å²) >= 11 is 1.42. The third-order valence-corrected chi connectivity index (χ3v) is 4.48. The van der Waals surface area contributed by atoms with Crippen molar-refractivity contribution in [2.75, 3.05) is 11.6 Å². The molecule has 0 radical (unpaired) electrons. The van der Waals surface area contributed by atoms with Gasteiger partial charge in [-0.05, 0) is 37.4 Å². The van der Waals surface area contributed by atoms with Crippen molar-refractivity contribution in [1.82, 2.24) is 9.55 Å². The van der Waals surface area contributed by atoms with Crippen LogP contribution in [-0.4, -0.2) is 33.8 Å². The van der Waals surface area contributed by atoms with Gasteiger partial charge < -0.3 is 10.1 Å². The molecule has 1 N–H and O–H groups in total. The Kier molecular flexibility index (Phi) is 5.93. The number of anilines is 1. The quantitative estimate of drug-likeness (QED) is 0.520. The zero-order valence-corrected chi connectivity index (χ0v) is 15.8. The Balaban J connectivity index is 1.76. The molecular formula is C20H19N3O3S. The van der Waals surface area contributed by atoms with Crippen LogP contribution >= 0.6 is 11.8 Å². The number of rotatable bonds is 6. The third kappa shape index (κ3) is 4.38. The largest absolute Gasteiger partial charge is 0.448 e. The van der Waals surface area contributed by atoms with E-state index in [1.807, 2.05) is 54.8 Å². The molecule has 0 aliphatic heterocycles. The number of hydrogen-bond acceptors (Lipinski definition) is 5. The summed E-state index contributed by atoms with van der Waals surface area (Å²) in [5.41, 5.74) is 1.71. The molecule has 1 aromatic heterocycles. The van der Waals surface area contributed by atoms with Crippen molar-refractivity contribution in [3.63, 3.8) is 0 Å². The number of nitrogens with one attached hydrogen (secondary N) is 1. The number of aromatic nitrogens is 2. The van der Waals surface area contributed by atoms with E-state index in [1.54, 1.807) is 16.7 Å². The maximum absolute atomic E-state index is 12.7. The van der Waals surface area contributed by atoms with Gasteiger partial charge in [0.15, 0.2) is 17.0 Å². The van der Waals surface area contributed by atoms with Crippen molar-refractivity contribution in [1.29, 1.82) is 0 Å². The number of amides is 1. The molecule has 138 valence electrons. The Hall–Kier alpha value is -3.06. The molecule has 3 rings (SSSR count). The van der Waals surface area contributed by atoms with Gasteiger partial charge in [-0.3, -0.25) is 9.36 Å². The Morgan fingerprint density at radius 3 is 2.33 bits per heavy atom. The van der Waals surface area contributed by atoms with E-state index in [9.17, 15) is 9.59 Å². The number of esters is 1. The molecule has 1 amide bonds. The number of imidazole rings is 1. The highest BCUT2D eigenvalue weighted by Gasteiger charge is 2.23. The van der Waals surface area contributed by atoms with Gasteiger partial charge in [-0.25, -0.2) is 9.78 Å². The fraction of sp³-hybridized carbons (Fsp3) is 0.150. The number of nitrogens with zero attached hydrogens (tertiary/aromatic N) is 2. The zero-order valence-electron chi connectivity index (χ0n) is 15.0. The van der Waals surface area contributed by atoms with E-state index in [0.717, 1.165) is 5.69 Å². The minimum absolute atomic E-state index is 0.268. The summed E-state index contributed by atoms with van der Waals surface area (Å²) in [6.07, 6.45) is 2.39. The molecule has 0 bridgehead atoms. The molecule has 0 saturated carbocycles. The number of hydrogen-bond donors (Lipinski definition) is 1. The van der Waals surface area contributed by atoms with Crippen LogP contribution in [0.1, 0.15) is 17.4 Å². The van der Waals surface area contributed by atoms with Gasteiger partial charge in [0.2, 0.25) is 0 Å². The Morgan fingerprint density at radius 1 is 1.07 bits per heavy atom. The molecular weight excluding hydrogens is 362 g/mol. The molecule has 1 unspecified atom stereocenters. The smallest absolute Gasteiger partial charge is 0.357 e. The van der Waals surface area contributed by atoms with Gasteiger partial charge in [-0.2, -0.15) is 0 Å². The van der Waals surface area contributed by atoms with E-state index in [-0.39, 0.29) is 5.69 Å². The molecule has 2 aromatic carbocycles. The van der Waals surface area contributed by atoms with Crippen molar-refractivity contribution in [2.45, 2.75) is 18.2 Å². The lowest BCUT2D eigenvalue weighted by Crippen LogP contribution is -2.30. The van der Waals surface area contributed by atoms with E-state index in [4.69, 9.17) is 4.74 Å².